The Bertz CT molecular complexity index is 568. The summed E-state index contributed by atoms with van der Waals surface area (Å²) in [6, 6.07) is 4.39. The van der Waals surface area contributed by atoms with Crippen molar-refractivity contribution in [3.8, 4) is 0 Å². The molecule has 1 aromatic rings. The summed E-state index contributed by atoms with van der Waals surface area (Å²) in [4.78, 5) is 21.5. The van der Waals surface area contributed by atoms with Crippen LogP contribution in [0, 0.1) is 0 Å². The number of carbonyl (C=O) groups excluding carboxylic acids is 1. The molecule has 1 atom stereocenters. The lowest BCUT2D eigenvalue weighted by Crippen LogP contribution is -2.39. The van der Waals surface area contributed by atoms with Crippen molar-refractivity contribution in [3.05, 3.63) is 23.9 Å². The Morgan fingerprint density at radius 1 is 1.40 bits per heavy atom. The summed E-state index contributed by atoms with van der Waals surface area (Å²) in [5.74, 6) is 0.754. The third-order valence-corrected chi connectivity index (χ3v) is 4.55. The van der Waals surface area contributed by atoms with E-state index < -0.39 is 5.60 Å². The quantitative estimate of drug-likeness (QED) is 0.769. The molecule has 1 aromatic heterocycles. The van der Waals surface area contributed by atoms with Crippen LogP contribution in [0.5, 0.6) is 0 Å². The minimum Gasteiger partial charge on any atom is -0.443 e. The molecule has 1 unspecified atom stereocenters. The lowest BCUT2D eigenvalue weighted by atomic mass is 9.96. The zero-order valence-corrected chi connectivity index (χ0v) is 16.4. The Hall–Kier alpha value is -1.62. The number of ether oxygens (including phenoxy) is 1. The van der Waals surface area contributed by atoms with Gasteiger partial charge in [-0.1, -0.05) is 25.8 Å². The summed E-state index contributed by atoms with van der Waals surface area (Å²) in [6.45, 7) is 9.54. The van der Waals surface area contributed by atoms with Crippen LogP contribution in [0.25, 0.3) is 0 Å². The van der Waals surface area contributed by atoms with Gasteiger partial charge in [-0.2, -0.15) is 0 Å². The first-order valence-electron chi connectivity index (χ1n) is 9.49. The van der Waals surface area contributed by atoms with Crippen LogP contribution in [0.1, 0.15) is 71.4 Å². The SMILES string of the molecule is CCCCN(C(=O)OC(C)(C)C)c1ncccc1C1CCCCN1C. The van der Waals surface area contributed by atoms with Crippen molar-refractivity contribution in [1.82, 2.24) is 9.88 Å². The highest BCUT2D eigenvalue weighted by molar-refractivity contribution is 5.87. The van der Waals surface area contributed by atoms with Gasteiger partial charge in [0, 0.05) is 24.3 Å². The van der Waals surface area contributed by atoms with Gasteiger partial charge in [-0.3, -0.25) is 9.80 Å². The highest BCUT2D eigenvalue weighted by Crippen LogP contribution is 2.35. The van der Waals surface area contributed by atoms with Gasteiger partial charge in [0.1, 0.15) is 11.4 Å². The van der Waals surface area contributed by atoms with Gasteiger partial charge in [-0.05, 0) is 59.7 Å². The van der Waals surface area contributed by atoms with Gasteiger partial charge in [0.2, 0.25) is 0 Å². The number of unbranched alkanes of at least 4 members (excludes halogenated alkanes) is 1. The van der Waals surface area contributed by atoms with Crippen LogP contribution < -0.4 is 4.90 Å². The molecule has 1 aliphatic rings. The minimum absolute atomic E-state index is 0.306. The Kier molecular flexibility index (Phi) is 6.82. The van der Waals surface area contributed by atoms with Crippen molar-refractivity contribution in [1.29, 1.82) is 0 Å². The molecule has 0 aromatic carbocycles. The molecule has 0 saturated carbocycles. The van der Waals surface area contributed by atoms with E-state index in [4.69, 9.17) is 4.74 Å². The molecule has 0 aliphatic carbocycles. The molecule has 140 valence electrons. The Balaban J connectivity index is 2.34. The second-order valence-corrected chi connectivity index (χ2v) is 7.89. The summed E-state index contributed by atoms with van der Waals surface area (Å²) in [5, 5.41) is 0. The summed E-state index contributed by atoms with van der Waals surface area (Å²) < 4.78 is 5.65. The summed E-state index contributed by atoms with van der Waals surface area (Å²) >= 11 is 0. The number of carbonyl (C=O) groups is 1. The zero-order chi connectivity index (χ0) is 18.4. The van der Waals surface area contributed by atoms with Crippen LogP contribution in [0.4, 0.5) is 10.6 Å². The number of piperidine rings is 1. The number of pyridine rings is 1. The average Bonchev–Trinajstić information content (AvgIpc) is 2.54. The molecule has 0 N–H and O–H groups in total. The lowest BCUT2D eigenvalue weighted by Gasteiger charge is -2.35. The van der Waals surface area contributed by atoms with Gasteiger partial charge in [0.25, 0.3) is 0 Å². The molecule has 1 aliphatic heterocycles. The van der Waals surface area contributed by atoms with E-state index in [1.54, 1.807) is 11.1 Å². The van der Waals surface area contributed by atoms with E-state index in [0.717, 1.165) is 37.2 Å². The third-order valence-electron chi connectivity index (χ3n) is 4.55. The van der Waals surface area contributed by atoms with Crippen LogP contribution >= 0.6 is 0 Å². The first-order chi connectivity index (χ1) is 11.8. The molecular formula is C20H33N3O2. The number of hydrogen-bond acceptors (Lipinski definition) is 4. The molecule has 2 heterocycles. The molecule has 25 heavy (non-hydrogen) atoms. The molecule has 5 nitrogen and oxygen atoms in total. The van der Waals surface area contributed by atoms with Crippen molar-refractivity contribution in [3.63, 3.8) is 0 Å². The Labute approximate surface area is 152 Å². The number of hydrogen-bond donors (Lipinski definition) is 0. The average molecular weight is 348 g/mol. The molecule has 1 fully saturated rings. The number of likely N-dealkylation sites (tertiary alicyclic amines) is 1. The van der Waals surface area contributed by atoms with Crippen LogP contribution in [0.2, 0.25) is 0 Å². The van der Waals surface area contributed by atoms with Crippen molar-refractivity contribution in [2.45, 2.75) is 71.4 Å². The predicted molar refractivity (Wildman–Crippen MR) is 102 cm³/mol. The monoisotopic (exact) mass is 347 g/mol. The largest absolute Gasteiger partial charge is 0.443 e. The topological polar surface area (TPSA) is 45.7 Å². The van der Waals surface area contributed by atoms with E-state index in [1.807, 2.05) is 26.8 Å². The Morgan fingerprint density at radius 2 is 2.16 bits per heavy atom. The number of anilines is 1. The van der Waals surface area contributed by atoms with Gasteiger partial charge < -0.3 is 4.74 Å². The molecule has 2 rings (SSSR count). The standard InChI is InChI=1S/C20H33N3O2/c1-6-7-15-23(19(24)25-20(2,3)4)18-16(11-10-13-21-18)17-12-8-9-14-22(17)5/h10-11,13,17H,6-9,12,14-15H2,1-5H3. The molecule has 1 saturated heterocycles. The van der Waals surface area contributed by atoms with Gasteiger partial charge in [0.15, 0.2) is 0 Å². The minimum atomic E-state index is -0.516. The fourth-order valence-electron chi connectivity index (χ4n) is 3.28. The highest BCUT2D eigenvalue weighted by Gasteiger charge is 2.30. The smallest absolute Gasteiger partial charge is 0.416 e. The molecule has 0 spiro atoms. The van der Waals surface area contributed by atoms with E-state index in [-0.39, 0.29) is 6.09 Å². The van der Waals surface area contributed by atoms with Crippen molar-refractivity contribution < 1.29 is 9.53 Å². The molecule has 0 bridgehead atoms. The maximum absolute atomic E-state index is 12.8. The molecular weight excluding hydrogens is 314 g/mol. The van der Waals surface area contributed by atoms with Crippen LogP contribution in [0.3, 0.4) is 0 Å². The van der Waals surface area contributed by atoms with Crippen LogP contribution in [-0.4, -0.2) is 41.7 Å². The summed E-state index contributed by atoms with van der Waals surface area (Å²) in [5.41, 5.74) is 0.615. The second-order valence-electron chi connectivity index (χ2n) is 7.89. The van der Waals surface area contributed by atoms with Crippen molar-refractivity contribution in [2.24, 2.45) is 0 Å². The third kappa shape index (κ3) is 5.43. The van der Waals surface area contributed by atoms with Gasteiger partial charge in [0.05, 0.1) is 0 Å². The van der Waals surface area contributed by atoms with E-state index in [2.05, 4.69) is 29.9 Å². The maximum atomic E-state index is 12.8. The molecule has 5 heteroatoms. The maximum Gasteiger partial charge on any atom is 0.416 e. The van der Waals surface area contributed by atoms with E-state index in [1.165, 1.54) is 12.8 Å². The molecule has 0 radical (unpaired) electrons. The fourth-order valence-corrected chi connectivity index (χ4v) is 3.28. The van der Waals surface area contributed by atoms with E-state index in [9.17, 15) is 4.79 Å². The number of rotatable bonds is 5. The van der Waals surface area contributed by atoms with Gasteiger partial charge in [-0.15, -0.1) is 0 Å². The normalized spacial score (nSPS) is 18.8. The Morgan fingerprint density at radius 3 is 2.80 bits per heavy atom. The van der Waals surface area contributed by atoms with Crippen LogP contribution in [-0.2, 0) is 4.74 Å². The van der Waals surface area contributed by atoms with Crippen LogP contribution in [0.15, 0.2) is 18.3 Å². The zero-order valence-electron chi connectivity index (χ0n) is 16.4. The van der Waals surface area contributed by atoms with Crippen molar-refractivity contribution in [2.75, 3.05) is 25.0 Å². The first-order valence-corrected chi connectivity index (χ1v) is 9.49. The molecule has 1 amide bonds. The van der Waals surface area contributed by atoms with Gasteiger partial charge in [-0.25, -0.2) is 9.78 Å². The highest BCUT2D eigenvalue weighted by atomic mass is 16.6. The summed E-state index contributed by atoms with van der Waals surface area (Å²) in [6.07, 6.45) is 6.95. The lowest BCUT2D eigenvalue weighted by molar-refractivity contribution is 0.0577. The predicted octanol–water partition coefficient (Wildman–Crippen LogP) is 4.78. The fraction of sp³-hybridized carbons (Fsp3) is 0.700. The van der Waals surface area contributed by atoms with Gasteiger partial charge >= 0.3 is 6.09 Å². The number of nitrogens with zero attached hydrogens (tertiary/aromatic N) is 3. The first kappa shape index (κ1) is 19.7. The number of aromatic nitrogens is 1. The van der Waals surface area contributed by atoms with E-state index in [0.29, 0.717) is 12.6 Å². The van der Waals surface area contributed by atoms with E-state index >= 15 is 0 Å². The number of amides is 1. The summed E-state index contributed by atoms with van der Waals surface area (Å²) in [7, 11) is 2.16. The second kappa shape index (κ2) is 8.65. The van der Waals surface area contributed by atoms with Crippen molar-refractivity contribution >= 4 is 11.9 Å².